The molecule has 1 heterocycles. The molecule has 2 aromatic rings. The third-order valence-electron chi connectivity index (χ3n) is 3.83. The van der Waals surface area contributed by atoms with E-state index in [9.17, 15) is 0 Å². The predicted molar refractivity (Wildman–Crippen MR) is 91.0 cm³/mol. The molecule has 21 heavy (non-hydrogen) atoms. The minimum Gasteiger partial charge on any atom is -0.487 e. The van der Waals surface area contributed by atoms with E-state index in [-0.39, 0.29) is 11.6 Å². The molecular weight excluding hydrogens is 326 g/mol. The fraction of sp³-hybridized carbons (Fsp3) is 0.333. The zero-order chi connectivity index (χ0) is 15.0. The van der Waals surface area contributed by atoms with Crippen LogP contribution in [-0.2, 0) is 0 Å². The van der Waals surface area contributed by atoms with Crippen LogP contribution in [0.4, 0.5) is 5.69 Å². The summed E-state index contributed by atoms with van der Waals surface area (Å²) in [5.41, 5.74) is 3.44. The zero-order valence-corrected chi connectivity index (χ0v) is 14.2. The molecule has 0 fully saturated rings. The maximum atomic E-state index is 6.09. The van der Waals surface area contributed by atoms with Gasteiger partial charge in [0.25, 0.3) is 0 Å². The largest absolute Gasteiger partial charge is 0.487 e. The van der Waals surface area contributed by atoms with Gasteiger partial charge in [-0.15, -0.1) is 0 Å². The number of anilines is 1. The molecule has 0 aromatic heterocycles. The molecule has 1 N–H and O–H groups in total. The van der Waals surface area contributed by atoms with Crippen molar-refractivity contribution in [1.29, 1.82) is 0 Å². The average Bonchev–Trinajstić information content (AvgIpc) is 2.41. The second-order valence-corrected chi connectivity index (χ2v) is 7.14. The second kappa shape index (κ2) is 5.38. The summed E-state index contributed by atoms with van der Waals surface area (Å²) in [5, 5.41) is 3.67. The molecular formula is C18H20BrNO. The maximum absolute atomic E-state index is 6.09. The van der Waals surface area contributed by atoms with Gasteiger partial charge in [0.15, 0.2) is 0 Å². The summed E-state index contributed by atoms with van der Waals surface area (Å²) in [6.45, 7) is 6.39. The third kappa shape index (κ3) is 3.08. The Balaban J connectivity index is 1.96. The molecule has 0 bridgehead atoms. The van der Waals surface area contributed by atoms with Crippen LogP contribution in [0.1, 0.15) is 37.4 Å². The van der Waals surface area contributed by atoms with E-state index in [1.54, 1.807) is 0 Å². The van der Waals surface area contributed by atoms with Gasteiger partial charge < -0.3 is 10.1 Å². The molecule has 3 rings (SSSR count). The Morgan fingerprint density at radius 3 is 2.76 bits per heavy atom. The van der Waals surface area contributed by atoms with Gasteiger partial charge in [-0.05, 0) is 60.5 Å². The highest BCUT2D eigenvalue weighted by molar-refractivity contribution is 9.10. The predicted octanol–water partition coefficient (Wildman–Crippen LogP) is 5.47. The molecule has 1 aliphatic rings. The number of para-hydroxylation sites is 1. The van der Waals surface area contributed by atoms with E-state index in [1.165, 1.54) is 11.1 Å². The van der Waals surface area contributed by atoms with E-state index < -0.39 is 0 Å². The topological polar surface area (TPSA) is 21.3 Å². The number of ether oxygens (including phenoxy) is 1. The molecule has 1 unspecified atom stereocenters. The molecule has 2 aromatic carbocycles. The fourth-order valence-electron chi connectivity index (χ4n) is 2.87. The van der Waals surface area contributed by atoms with Gasteiger partial charge in [-0.3, -0.25) is 0 Å². The Hall–Kier alpha value is -1.48. The van der Waals surface area contributed by atoms with E-state index in [2.05, 4.69) is 78.4 Å². The molecule has 0 saturated heterocycles. The van der Waals surface area contributed by atoms with Crippen LogP contribution >= 0.6 is 15.9 Å². The SMILES string of the molecule is Cc1ccc(Br)c(NC2CC(C)(C)Oc3ccccc32)c1. The van der Waals surface area contributed by atoms with Crippen molar-refractivity contribution in [1.82, 2.24) is 0 Å². The van der Waals surface area contributed by atoms with Crippen molar-refractivity contribution in [2.75, 3.05) is 5.32 Å². The highest BCUT2D eigenvalue weighted by Gasteiger charge is 2.33. The van der Waals surface area contributed by atoms with Crippen molar-refractivity contribution in [2.45, 2.75) is 38.8 Å². The van der Waals surface area contributed by atoms with Gasteiger partial charge in [0.2, 0.25) is 0 Å². The monoisotopic (exact) mass is 345 g/mol. The number of nitrogens with one attached hydrogen (secondary N) is 1. The van der Waals surface area contributed by atoms with Crippen LogP contribution < -0.4 is 10.1 Å². The van der Waals surface area contributed by atoms with Crippen LogP contribution in [0.15, 0.2) is 46.9 Å². The van der Waals surface area contributed by atoms with Gasteiger partial charge in [0.05, 0.1) is 6.04 Å². The summed E-state index contributed by atoms with van der Waals surface area (Å²) in [4.78, 5) is 0. The number of benzene rings is 2. The number of aryl methyl sites for hydroxylation is 1. The summed E-state index contributed by atoms with van der Waals surface area (Å²) in [6, 6.07) is 14.9. The molecule has 0 saturated carbocycles. The Bertz CT molecular complexity index is 666. The summed E-state index contributed by atoms with van der Waals surface area (Å²) in [7, 11) is 0. The quantitative estimate of drug-likeness (QED) is 0.778. The second-order valence-electron chi connectivity index (χ2n) is 6.28. The average molecular weight is 346 g/mol. The lowest BCUT2D eigenvalue weighted by Gasteiger charge is -2.38. The first kappa shape index (κ1) is 14.5. The van der Waals surface area contributed by atoms with Gasteiger partial charge in [-0.25, -0.2) is 0 Å². The molecule has 0 aliphatic carbocycles. The molecule has 0 amide bonds. The minimum atomic E-state index is -0.164. The number of hydrogen-bond acceptors (Lipinski definition) is 2. The first-order valence-electron chi connectivity index (χ1n) is 7.25. The Morgan fingerprint density at radius 1 is 1.19 bits per heavy atom. The van der Waals surface area contributed by atoms with Gasteiger partial charge in [0, 0.05) is 22.1 Å². The maximum Gasteiger partial charge on any atom is 0.125 e. The highest BCUT2D eigenvalue weighted by atomic mass is 79.9. The number of halogens is 1. The van der Waals surface area contributed by atoms with Crippen LogP contribution in [-0.4, -0.2) is 5.60 Å². The lowest BCUT2D eigenvalue weighted by atomic mass is 9.89. The van der Waals surface area contributed by atoms with Crippen LogP contribution in [0, 0.1) is 6.92 Å². The van der Waals surface area contributed by atoms with Crippen molar-refractivity contribution in [3.8, 4) is 5.75 Å². The van der Waals surface area contributed by atoms with Gasteiger partial charge in [-0.1, -0.05) is 24.3 Å². The number of fused-ring (bicyclic) bond motifs is 1. The van der Waals surface area contributed by atoms with E-state index in [1.807, 2.05) is 6.07 Å². The van der Waals surface area contributed by atoms with Gasteiger partial charge in [0.1, 0.15) is 11.4 Å². The van der Waals surface area contributed by atoms with Crippen molar-refractivity contribution < 1.29 is 4.74 Å². The standard InChI is InChI=1S/C18H20BrNO/c1-12-8-9-14(19)15(10-12)20-16-11-18(2,3)21-17-7-5-4-6-13(16)17/h4-10,16,20H,11H2,1-3H3. The number of rotatable bonds is 2. The third-order valence-corrected chi connectivity index (χ3v) is 4.52. The van der Waals surface area contributed by atoms with Gasteiger partial charge >= 0.3 is 0 Å². The van der Waals surface area contributed by atoms with Crippen LogP contribution in [0.3, 0.4) is 0 Å². The first-order chi connectivity index (χ1) is 9.94. The highest BCUT2D eigenvalue weighted by Crippen LogP contribution is 2.41. The Labute approximate surface area is 134 Å². The molecule has 0 radical (unpaired) electrons. The molecule has 2 nitrogen and oxygen atoms in total. The Kier molecular flexibility index (Phi) is 3.70. The van der Waals surface area contributed by atoms with E-state index in [0.717, 1.165) is 22.3 Å². The lowest BCUT2D eigenvalue weighted by Crippen LogP contribution is -2.37. The van der Waals surface area contributed by atoms with Crippen molar-refractivity contribution >= 4 is 21.6 Å². The summed E-state index contributed by atoms with van der Waals surface area (Å²) >= 11 is 3.63. The Morgan fingerprint density at radius 2 is 1.95 bits per heavy atom. The normalized spacial score (nSPS) is 19.5. The van der Waals surface area contributed by atoms with Crippen molar-refractivity contribution in [3.63, 3.8) is 0 Å². The van der Waals surface area contributed by atoms with E-state index >= 15 is 0 Å². The minimum absolute atomic E-state index is 0.164. The van der Waals surface area contributed by atoms with E-state index in [4.69, 9.17) is 4.74 Å². The van der Waals surface area contributed by atoms with Crippen molar-refractivity contribution in [2.24, 2.45) is 0 Å². The van der Waals surface area contributed by atoms with Crippen LogP contribution in [0.2, 0.25) is 0 Å². The molecule has 1 aliphatic heterocycles. The smallest absolute Gasteiger partial charge is 0.125 e. The van der Waals surface area contributed by atoms with Crippen LogP contribution in [0.25, 0.3) is 0 Å². The summed E-state index contributed by atoms with van der Waals surface area (Å²) in [5.74, 6) is 0.982. The number of hydrogen-bond donors (Lipinski definition) is 1. The summed E-state index contributed by atoms with van der Waals surface area (Å²) in [6.07, 6.45) is 0.935. The lowest BCUT2D eigenvalue weighted by molar-refractivity contribution is 0.0759. The van der Waals surface area contributed by atoms with Gasteiger partial charge in [-0.2, -0.15) is 0 Å². The van der Waals surface area contributed by atoms with Crippen LogP contribution in [0.5, 0.6) is 5.75 Å². The fourth-order valence-corrected chi connectivity index (χ4v) is 3.23. The summed E-state index contributed by atoms with van der Waals surface area (Å²) < 4.78 is 7.18. The van der Waals surface area contributed by atoms with Crippen molar-refractivity contribution in [3.05, 3.63) is 58.1 Å². The molecule has 110 valence electrons. The molecule has 3 heteroatoms. The zero-order valence-electron chi connectivity index (χ0n) is 12.6. The molecule has 1 atom stereocenters. The molecule has 0 spiro atoms. The van der Waals surface area contributed by atoms with E-state index in [0.29, 0.717) is 0 Å². The first-order valence-corrected chi connectivity index (χ1v) is 8.04.